The minimum absolute atomic E-state index is 0.104. The van der Waals surface area contributed by atoms with Gasteiger partial charge in [0.2, 0.25) is 0 Å². The van der Waals surface area contributed by atoms with Crippen LogP contribution in [0.3, 0.4) is 0 Å². The lowest BCUT2D eigenvalue weighted by Gasteiger charge is -2.58. The van der Waals surface area contributed by atoms with E-state index in [-0.39, 0.29) is 12.2 Å². The number of fused-ring (bicyclic) bond motifs is 5. The van der Waals surface area contributed by atoms with Gasteiger partial charge in [-0.2, -0.15) is 0 Å². The predicted molar refractivity (Wildman–Crippen MR) is 107 cm³/mol. The molecule has 2 N–H and O–H groups in total. The lowest BCUT2D eigenvalue weighted by Crippen LogP contribution is -2.50. The molecule has 0 spiro atoms. The van der Waals surface area contributed by atoms with Gasteiger partial charge >= 0.3 is 0 Å². The number of rotatable bonds is 3. The smallest absolute Gasteiger partial charge is 0.0577 e. The maximum Gasteiger partial charge on any atom is 0.0577 e. The first-order valence-corrected chi connectivity index (χ1v) is 11.3. The third-order valence-electron chi connectivity index (χ3n) is 9.57. The second kappa shape index (κ2) is 6.62. The molecule has 4 aliphatic rings. The molecule has 2 nitrogen and oxygen atoms in total. The van der Waals surface area contributed by atoms with Crippen LogP contribution in [0.1, 0.15) is 85.5 Å². The molecule has 0 saturated heterocycles. The van der Waals surface area contributed by atoms with Gasteiger partial charge in [0.15, 0.2) is 0 Å². The fourth-order valence-electron chi connectivity index (χ4n) is 7.70. The summed E-state index contributed by atoms with van der Waals surface area (Å²) in [6, 6.07) is 0. The van der Waals surface area contributed by atoms with Gasteiger partial charge in [-0.05, 0) is 98.2 Å². The molecule has 8 atom stereocenters. The normalized spacial score (nSPS) is 49.2. The summed E-state index contributed by atoms with van der Waals surface area (Å²) >= 11 is 0. The summed E-state index contributed by atoms with van der Waals surface area (Å²) in [6.45, 7) is 9.38. The van der Waals surface area contributed by atoms with Gasteiger partial charge in [0, 0.05) is 0 Å². The van der Waals surface area contributed by atoms with Crippen molar-refractivity contribution in [1.29, 1.82) is 0 Å². The van der Waals surface area contributed by atoms with E-state index < -0.39 is 0 Å². The lowest BCUT2D eigenvalue weighted by molar-refractivity contribution is -0.0571. The van der Waals surface area contributed by atoms with E-state index in [4.69, 9.17) is 0 Å². The van der Waals surface area contributed by atoms with Gasteiger partial charge in [-0.15, -0.1) is 0 Å². The number of hydrogen-bond acceptors (Lipinski definition) is 2. The first kappa shape index (κ1) is 19.0. The Morgan fingerprint density at radius 1 is 1.08 bits per heavy atom. The Bertz CT molecular complexity index is 567. The molecule has 4 unspecified atom stereocenters. The van der Waals surface area contributed by atoms with Gasteiger partial charge in [-0.25, -0.2) is 0 Å². The third-order valence-corrected chi connectivity index (χ3v) is 9.57. The molecule has 2 heteroatoms. The van der Waals surface area contributed by atoms with Gasteiger partial charge in [-0.3, -0.25) is 0 Å². The number of aliphatic hydroxyl groups is 2. The van der Waals surface area contributed by atoms with E-state index in [0.717, 1.165) is 37.0 Å². The van der Waals surface area contributed by atoms with Gasteiger partial charge in [0.25, 0.3) is 0 Å². The molecule has 0 aromatic rings. The minimum Gasteiger partial charge on any atom is -0.393 e. The van der Waals surface area contributed by atoms with Crippen LogP contribution in [-0.2, 0) is 0 Å². The fraction of sp³-hybridized carbons (Fsp3) is 0.917. The maximum atomic E-state index is 10.5. The lowest BCUT2D eigenvalue weighted by atomic mass is 9.47. The highest BCUT2D eigenvalue weighted by atomic mass is 16.3. The Morgan fingerprint density at radius 2 is 1.85 bits per heavy atom. The minimum atomic E-state index is -0.136. The van der Waals surface area contributed by atoms with Crippen molar-refractivity contribution in [2.24, 2.45) is 40.4 Å². The molecule has 3 saturated carbocycles. The van der Waals surface area contributed by atoms with E-state index in [9.17, 15) is 10.2 Å². The molecule has 0 radical (unpaired) electrons. The molecule has 0 aromatic heterocycles. The summed E-state index contributed by atoms with van der Waals surface area (Å²) in [5.41, 5.74) is 2.36. The van der Waals surface area contributed by atoms with E-state index in [1.807, 2.05) is 0 Å². The molecule has 0 aromatic carbocycles. The van der Waals surface area contributed by atoms with Crippen molar-refractivity contribution in [1.82, 2.24) is 0 Å². The van der Waals surface area contributed by atoms with E-state index in [2.05, 4.69) is 33.8 Å². The van der Waals surface area contributed by atoms with Crippen LogP contribution in [0, 0.1) is 40.4 Å². The summed E-state index contributed by atoms with van der Waals surface area (Å²) in [5.74, 6) is 3.58. The number of hydrogen-bond donors (Lipinski definition) is 2. The van der Waals surface area contributed by atoms with Crippen molar-refractivity contribution in [3.05, 3.63) is 11.6 Å². The van der Waals surface area contributed by atoms with Crippen molar-refractivity contribution in [3.8, 4) is 0 Å². The molecule has 0 aliphatic heterocycles. The Labute approximate surface area is 160 Å². The molecule has 26 heavy (non-hydrogen) atoms. The van der Waals surface area contributed by atoms with Crippen LogP contribution < -0.4 is 0 Å². The highest BCUT2D eigenvalue weighted by Gasteiger charge is 2.58. The molecular formula is C24H40O2. The first-order valence-electron chi connectivity index (χ1n) is 11.3. The Kier molecular flexibility index (Phi) is 4.84. The van der Waals surface area contributed by atoms with Crippen molar-refractivity contribution >= 4 is 0 Å². The Balaban J connectivity index is 1.56. The summed E-state index contributed by atoms with van der Waals surface area (Å²) in [7, 11) is 0. The van der Waals surface area contributed by atoms with Crippen molar-refractivity contribution < 1.29 is 10.2 Å². The zero-order valence-corrected chi connectivity index (χ0v) is 17.4. The average molecular weight is 361 g/mol. The van der Waals surface area contributed by atoms with Crippen LogP contribution in [0.25, 0.3) is 0 Å². The van der Waals surface area contributed by atoms with Crippen LogP contribution in [-0.4, -0.2) is 22.4 Å². The van der Waals surface area contributed by atoms with Crippen LogP contribution in [0.15, 0.2) is 11.6 Å². The largest absolute Gasteiger partial charge is 0.393 e. The SMILES string of the molecule is CC(C)[C@@H](O)CC1CCC2C3CC=C4C[C@@H](O)CC[C@]4(C)C3CC[C@]12C. The summed E-state index contributed by atoms with van der Waals surface area (Å²) in [6.07, 6.45) is 13.0. The Morgan fingerprint density at radius 3 is 2.58 bits per heavy atom. The molecule has 0 amide bonds. The number of allylic oxidation sites excluding steroid dienone is 1. The Hall–Kier alpha value is -0.340. The standard InChI is InChI=1S/C24H40O2/c1-15(2)22(26)14-17-6-8-20-19-7-5-16-13-18(25)9-11-23(16,3)21(19)10-12-24(17,20)4/h5,15,17-22,25-26H,6-14H2,1-4H3/t17?,18-,19?,20?,21?,22-,23-,24+/m0/s1. The van der Waals surface area contributed by atoms with E-state index >= 15 is 0 Å². The van der Waals surface area contributed by atoms with Gasteiger partial charge < -0.3 is 10.2 Å². The topological polar surface area (TPSA) is 40.5 Å². The molecule has 3 fully saturated rings. The predicted octanol–water partition coefficient (Wildman–Crippen LogP) is 5.33. The van der Waals surface area contributed by atoms with Gasteiger partial charge in [-0.1, -0.05) is 39.3 Å². The second-order valence-corrected chi connectivity index (χ2v) is 11.0. The van der Waals surface area contributed by atoms with Crippen molar-refractivity contribution in [3.63, 3.8) is 0 Å². The third kappa shape index (κ3) is 2.82. The molecule has 4 rings (SSSR count). The summed E-state index contributed by atoms with van der Waals surface area (Å²) in [5, 5.41) is 20.7. The average Bonchev–Trinajstić information content (AvgIpc) is 2.92. The molecule has 4 aliphatic carbocycles. The van der Waals surface area contributed by atoms with Crippen LogP contribution in [0.4, 0.5) is 0 Å². The second-order valence-electron chi connectivity index (χ2n) is 11.0. The molecule has 0 bridgehead atoms. The van der Waals surface area contributed by atoms with Crippen LogP contribution >= 0.6 is 0 Å². The molecular weight excluding hydrogens is 320 g/mol. The van der Waals surface area contributed by atoms with E-state index in [1.54, 1.807) is 5.57 Å². The van der Waals surface area contributed by atoms with Gasteiger partial charge in [0.1, 0.15) is 0 Å². The highest BCUT2D eigenvalue weighted by molar-refractivity contribution is 5.25. The summed E-state index contributed by atoms with van der Waals surface area (Å²) in [4.78, 5) is 0. The van der Waals surface area contributed by atoms with E-state index in [0.29, 0.717) is 22.7 Å². The van der Waals surface area contributed by atoms with Crippen LogP contribution in [0.2, 0.25) is 0 Å². The van der Waals surface area contributed by atoms with Crippen molar-refractivity contribution in [2.45, 2.75) is 97.7 Å². The summed E-state index contributed by atoms with van der Waals surface area (Å²) < 4.78 is 0. The monoisotopic (exact) mass is 360 g/mol. The zero-order valence-electron chi connectivity index (χ0n) is 17.4. The number of aliphatic hydroxyl groups excluding tert-OH is 2. The first-order chi connectivity index (χ1) is 12.3. The van der Waals surface area contributed by atoms with Gasteiger partial charge in [0.05, 0.1) is 12.2 Å². The highest BCUT2D eigenvalue weighted by Crippen LogP contribution is 2.66. The molecule has 148 valence electrons. The van der Waals surface area contributed by atoms with Crippen molar-refractivity contribution in [2.75, 3.05) is 0 Å². The van der Waals surface area contributed by atoms with Crippen LogP contribution in [0.5, 0.6) is 0 Å². The maximum absolute atomic E-state index is 10.5. The molecule has 0 heterocycles. The van der Waals surface area contributed by atoms with E-state index in [1.165, 1.54) is 38.5 Å². The fourth-order valence-corrected chi connectivity index (χ4v) is 7.70. The quantitative estimate of drug-likeness (QED) is 0.668. The zero-order chi connectivity index (χ0) is 18.7.